The molecule has 0 spiro atoms. The molecule has 9 heteroatoms. The molecule has 5 rings (SSSR count). The van der Waals surface area contributed by atoms with Crippen molar-refractivity contribution in [2.24, 2.45) is 0 Å². The highest BCUT2D eigenvalue weighted by Crippen LogP contribution is 2.39. The molecule has 2 saturated heterocycles. The second kappa shape index (κ2) is 9.94. The minimum absolute atomic E-state index is 0. The lowest BCUT2D eigenvalue weighted by Crippen LogP contribution is -3.00. The van der Waals surface area contributed by atoms with Gasteiger partial charge in [0.25, 0.3) is 0 Å². The molecule has 35 heavy (non-hydrogen) atoms. The molecule has 5 nitrogen and oxygen atoms in total. The summed E-state index contributed by atoms with van der Waals surface area (Å²) in [5.41, 5.74) is 1.19. The predicted octanol–water partition coefficient (Wildman–Crippen LogP) is 1.75. The number of nitrogens with zero attached hydrogens (tertiary/aromatic N) is 2. The smallest absolute Gasteiger partial charge is 0.323 e. The Morgan fingerprint density at radius 3 is 2.23 bits per heavy atom. The van der Waals surface area contributed by atoms with E-state index in [4.69, 9.17) is 0 Å². The zero-order chi connectivity index (χ0) is 23.9. The van der Waals surface area contributed by atoms with E-state index in [0.717, 1.165) is 30.5 Å². The molecule has 3 heterocycles. The lowest BCUT2D eigenvalue weighted by atomic mass is 9.83. The molecule has 0 radical (unpaired) electrons. The van der Waals surface area contributed by atoms with E-state index in [9.17, 15) is 18.4 Å². The molecule has 2 amide bonds. The monoisotopic (exact) mass is 609 g/mol. The SMILES string of the molecule is C[N@+]1(CC(=O)c2ccsc2)CCCC1N1CC(c2ccc(F)cc2)(c2ccc(F)cc2)NC1=O.[I-]. The largest absolute Gasteiger partial charge is 1.00 e. The minimum Gasteiger partial charge on any atom is -1.00 e. The highest BCUT2D eigenvalue weighted by Gasteiger charge is 2.53. The number of urea groups is 1. The van der Waals surface area contributed by atoms with Crippen molar-refractivity contribution in [1.29, 1.82) is 0 Å². The number of thiophene rings is 1. The number of likely N-dealkylation sites (N-methyl/N-ethyl adjacent to an activating group) is 1. The Hall–Kier alpha value is -2.37. The summed E-state index contributed by atoms with van der Waals surface area (Å²) in [6.45, 7) is 1.41. The Morgan fingerprint density at radius 2 is 1.69 bits per heavy atom. The fourth-order valence-electron chi connectivity index (χ4n) is 5.44. The summed E-state index contributed by atoms with van der Waals surface area (Å²) in [7, 11) is 2.03. The quantitative estimate of drug-likeness (QED) is 0.263. The third kappa shape index (κ3) is 4.73. The molecular formula is C26H26F2IN3O2S. The van der Waals surface area contributed by atoms with Gasteiger partial charge in [0, 0.05) is 23.8 Å². The number of carbonyl (C=O) groups is 2. The number of halogens is 3. The van der Waals surface area contributed by atoms with Gasteiger partial charge in [-0.1, -0.05) is 24.3 Å². The first-order valence-electron chi connectivity index (χ1n) is 11.3. The molecule has 3 aromatic rings. The zero-order valence-electron chi connectivity index (χ0n) is 19.2. The highest BCUT2D eigenvalue weighted by atomic mass is 127. The molecule has 0 saturated carbocycles. The maximum Gasteiger partial charge on any atom is 0.323 e. The van der Waals surface area contributed by atoms with Crippen LogP contribution >= 0.6 is 11.3 Å². The van der Waals surface area contributed by atoms with Crippen LogP contribution in [0.1, 0.15) is 34.3 Å². The highest BCUT2D eigenvalue weighted by molar-refractivity contribution is 7.08. The lowest BCUT2D eigenvalue weighted by Gasteiger charge is -2.40. The van der Waals surface area contributed by atoms with Crippen LogP contribution in [0.25, 0.3) is 0 Å². The van der Waals surface area contributed by atoms with E-state index >= 15 is 0 Å². The third-order valence-corrected chi connectivity index (χ3v) is 7.90. The van der Waals surface area contributed by atoms with Crippen molar-refractivity contribution >= 4 is 23.2 Å². The molecule has 2 atom stereocenters. The third-order valence-electron chi connectivity index (χ3n) is 7.22. The van der Waals surface area contributed by atoms with Gasteiger partial charge < -0.3 is 29.3 Å². The summed E-state index contributed by atoms with van der Waals surface area (Å²) in [4.78, 5) is 28.2. The van der Waals surface area contributed by atoms with Crippen LogP contribution in [0.5, 0.6) is 0 Å². The minimum atomic E-state index is -0.955. The number of hydrogen-bond donors (Lipinski definition) is 1. The molecule has 1 unspecified atom stereocenters. The van der Waals surface area contributed by atoms with Crippen molar-refractivity contribution in [2.45, 2.75) is 24.5 Å². The number of nitrogens with one attached hydrogen (secondary N) is 1. The number of amides is 2. The molecule has 2 aliphatic heterocycles. The molecule has 2 aliphatic rings. The van der Waals surface area contributed by atoms with E-state index < -0.39 is 5.54 Å². The number of carbonyl (C=O) groups excluding carboxylic acids is 2. The number of ketones is 1. The van der Waals surface area contributed by atoms with Gasteiger partial charge in [-0.05, 0) is 46.8 Å². The number of quaternary nitrogens is 1. The van der Waals surface area contributed by atoms with Gasteiger partial charge in [0.2, 0.25) is 5.78 Å². The van der Waals surface area contributed by atoms with Gasteiger partial charge in [0.15, 0.2) is 6.17 Å². The Labute approximate surface area is 224 Å². The second-order valence-corrected chi connectivity index (χ2v) is 10.2. The Balaban J connectivity index is 0.00000289. The summed E-state index contributed by atoms with van der Waals surface area (Å²) < 4.78 is 27.9. The fourth-order valence-corrected chi connectivity index (χ4v) is 6.10. The molecule has 1 N–H and O–H groups in total. The lowest BCUT2D eigenvalue weighted by molar-refractivity contribution is -0.922. The van der Waals surface area contributed by atoms with Gasteiger partial charge in [-0.15, -0.1) is 0 Å². The van der Waals surface area contributed by atoms with Crippen LogP contribution in [0.15, 0.2) is 65.4 Å². The maximum atomic E-state index is 13.7. The van der Waals surface area contributed by atoms with E-state index in [1.807, 2.05) is 23.9 Å². The van der Waals surface area contributed by atoms with Crippen LogP contribution in [-0.2, 0) is 5.54 Å². The topological polar surface area (TPSA) is 49.4 Å². The molecule has 0 aliphatic carbocycles. The normalized spacial score (nSPS) is 23.1. The van der Waals surface area contributed by atoms with Crippen molar-refractivity contribution in [3.63, 3.8) is 0 Å². The average Bonchev–Trinajstić information content (AvgIpc) is 3.54. The molecule has 0 bridgehead atoms. The standard InChI is InChI=1S/C26H25F2N3O2S.HI/c1-31(15-23(32)18-12-14-34-16-18)13-2-3-24(31)30-17-26(29-25(30)33,19-4-8-21(27)9-5-19)20-6-10-22(28)11-7-20;/h4-12,14,16,24H,2-3,13,15,17H2,1H3;1H/t24?,31-;/m1./s1. The summed E-state index contributed by atoms with van der Waals surface area (Å²) >= 11 is 1.49. The second-order valence-electron chi connectivity index (χ2n) is 9.40. The van der Waals surface area contributed by atoms with Crippen molar-refractivity contribution in [3.05, 3.63) is 93.7 Å². The summed E-state index contributed by atoms with van der Waals surface area (Å²) in [5.74, 6) is -0.670. The average molecular weight is 609 g/mol. The van der Waals surface area contributed by atoms with Gasteiger partial charge in [-0.2, -0.15) is 11.3 Å². The van der Waals surface area contributed by atoms with E-state index in [1.165, 1.54) is 35.6 Å². The van der Waals surface area contributed by atoms with E-state index in [1.54, 1.807) is 29.2 Å². The number of hydrogen-bond acceptors (Lipinski definition) is 3. The van der Waals surface area contributed by atoms with E-state index in [0.29, 0.717) is 23.1 Å². The first-order valence-corrected chi connectivity index (χ1v) is 12.3. The van der Waals surface area contributed by atoms with Gasteiger partial charge in [0.1, 0.15) is 23.7 Å². The van der Waals surface area contributed by atoms with Crippen LogP contribution in [0.3, 0.4) is 0 Å². The molecule has 2 aromatic carbocycles. The number of likely N-dealkylation sites (tertiary alicyclic amines) is 1. The molecular weight excluding hydrogens is 583 g/mol. The van der Waals surface area contributed by atoms with Crippen LogP contribution in [0, 0.1) is 11.6 Å². The summed E-state index contributed by atoms with van der Waals surface area (Å²) in [6.07, 6.45) is 1.51. The van der Waals surface area contributed by atoms with Crippen LogP contribution in [-0.4, -0.2) is 54.0 Å². The van der Waals surface area contributed by atoms with E-state index in [2.05, 4.69) is 5.32 Å². The number of benzene rings is 2. The van der Waals surface area contributed by atoms with Gasteiger partial charge in [-0.25, -0.2) is 13.6 Å². The molecule has 1 aromatic heterocycles. The molecule has 2 fully saturated rings. The fraction of sp³-hybridized carbons (Fsp3) is 0.308. The predicted molar refractivity (Wildman–Crippen MR) is 126 cm³/mol. The van der Waals surface area contributed by atoms with Gasteiger partial charge in [0.05, 0.1) is 20.1 Å². The van der Waals surface area contributed by atoms with Crippen LogP contribution < -0.4 is 29.3 Å². The Morgan fingerprint density at radius 1 is 1.09 bits per heavy atom. The maximum absolute atomic E-state index is 13.7. The van der Waals surface area contributed by atoms with Gasteiger partial charge in [-0.3, -0.25) is 14.2 Å². The van der Waals surface area contributed by atoms with Crippen molar-refractivity contribution in [2.75, 3.05) is 26.7 Å². The number of Topliss-reactive ketones (excluding diaryl/α,β-unsaturated/α-hetero) is 1. The molecule has 184 valence electrons. The van der Waals surface area contributed by atoms with E-state index in [-0.39, 0.29) is 53.6 Å². The van der Waals surface area contributed by atoms with Crippen LogP contribution in [0.2, 0.25) is 0 Å². The first kappa shape index (κ1) is 25.7. The van der Waals surface area contributed by atoms with Crippen molar-refractivity contribution in [1.82, 2.24) is 10.2 Å². The summed E-state index contributed by atoms with van der Waals surface area (Å²) in [5, 5.41) is 6.88. The van der Waals surface area contributed by atoms with Crippen molar-refractivity contribution in [3.8, 4) is 0 Å². The van der Waals surface area contributed by atoms with Crippen LogP contribution in [0.4, 0.5) is 13.6 Å². The zero-order valence-corrected chi connectivity index (χ0v) is 22.2. The number of rotatable bonds is 6. The van der Waals surface area contributed by atoms with Gasteiger partial charge >= 0.3 is 6.03 Å². The van der Waals surface area contributed by atoms with Crippen molar-refractivity contribution < 1.29 is 46.8 Å². The Kier molecular flexibility index (Phi) is 7.31. The summed E-state index contributed by atoms with van der Waals surface area (Å²) in [6, 6.07) is 13.7. The Bertz CT molecular complexity index is 1160. The first-order chi connectivity index (χ1) is 16.3.